The average molecular weight is 305 g/mol. The Labute approximate surface area is 131 Å². The molecule has 0 amide bonds. The van der Waals surface area contributed by atoms with Crippen molar-refractivity contribution in [2.45, 2.75) is 44.2 Å². The van der Waals surface area contributed by atoms with Gasteiger partial charge in [0.05, 0.1) is 12.6 Å². The molecule has 0 aromatic heterocycles. The van der Waals surface area contributed by atoms with Crippen LogP contribution in [0.2, 0.25) is 0 Å². The Hall–Kier alpha value is -1.62. The Morgan fingerprint density at radius 3 is 3.00 bits per heavy atom. The summed E-state index contributed by atoms with van der Waals surface area (Å²) in [6.07, 6.45) is 3.41. The summed E-state index contributed by atoms with van der Waals surface area (Å²) in [5, 5.41) is 6.66. The van der Waals surface area contributed by atoms with Crippen LogP contribution in [-0.2, 0) is 4.74 Å². The molecular weight excluding hydrogens is 281 g/mol. The van der Waals surface area contributed by atoms with E-state index in [0.717, 1.165) is 43.9 Å². The molecule has 2 N–H and O–H groups in total. The Bertz CT molecular complexity index is 528. The number of nitrogens with zero attached hydrogens (tertiary/aromatic N) is 1. The van der Waals surface area contributed by atoms with Crippen LogP contribution in [0.4, 0.5) is 4.39 Å². The van der Waals surface area contributed by atoms with Crippen LogP contribution in [0.15, 0.2) is 29.3 Å². The highest BCUT2D eigenvalue weighted by atomic mass is 19.1. The van der Waals surface area contributed by atoms with Gasteiger partial charge in [-0.3, -0.25) is 4.99 Å². The lowest BCUT2D eigenvalue weighted by atomic mass is 10.1. The molecule has 3 atom stereocenters. The first-order valence-electron chi connectivity index (χ1n) is 8.18. The minimum absolute atomic E-state index is 0.113. The maximum Gasteiger partial charge on any atom is 0.191 e. The summed E-state index contributed by atoms with van der Waals surface area (Å²) in [5.74, 6) is 0.938. The number of ether oxygens (including phenoxy) is 1. The van der Waals surface area contributed by atoms with Crippen LogP contribution in [0, 0.1) is 5.82 Å². The molecule has 3 rings (SSSR count). The van der Waals surface area contributed by atoms with Gasteiger partial charge in [0.15, 0.2) is 5.96 Å². The van der Waals surface area contributed by atoms with Gasteiger partial charge in [-0.05, 0) is 37.8 Å². The molecule has 1 aliphatic heterocycles. The van der Waals surface area contributed by atoms with Gasteiger partial charge in [-0.25, -0.2) is 4.39 Å². The highest BCUT2D eigenvalue weighted by Gasteiger charge is 2.40. The molecule has 1 saturated carbocycles. The lowest BCUT2D eigenvalue weighted by Crippen LogP contribution is -2.39. The van der Waals surface area contributed by atoms with Crippen LogP contribution < -0.4 is 10.6 Å². The van der Waals surface area contributed by atoms with Crippen molar-refractivity contribution in [1.82, 2.24) is 10.6 Å². The number of rotatable bonds is 5. The van der Waals surface area contributed by atoms with Gasteiger partial charge in [-0.2, -0.15) is 0 Å². The summed E-state index contributed by atoms with van der Waals surface area (Å²) in [4.78, 5) is 4.60. The maximum atomic E-state index is 13.8. The number of halogens is 1. The Kier molecular flexibility index (Phi) is 4.93. The zero-order valence-corrected chi connectivity index (χ0v) is 13.0. The molecule has 2 aliphatic rings. The monoisotopic (exact) mass is 305 g/mol. The van der Waals surface area contributed by atoms with Gasteiger partial charge < -0.3 is 15.4 Å². The van der Waals surface area contributed by atoms with Crippen LogP contribution in [0.5, 0.6) is 0 Å². The highest BCUT2D eigenvalue weighted by molar-refractivity contribution is 5.80. The van der Waals surface area contributed by atoms with Crippen LogP contribution >= 0.6 is 0 Å². The molecule has 4 nitrogen and oxygen atoms in total. The number of aliphatic imine (C=N–C) groups is 1. The minimum atomic E-state index is -0.113. The molecule has 22 heavy (non-hydrogen) atoms. The van der Waals surface area contributed by atoms with Crippen molar-refractivity contribution in [3.8, 4) is 0 Å². The smallest absolute Gasteiger partial charge is 0.191 e. The van der Waals surface area contributed by atoms with Crippen LogP contribution in [0.1, 0.15) is 37.7 Å². The third-order valence-electron chi connectivity index (χ3n) is 4.24. The molecule has 1 aliphatic carbocycles. The van der Waals surface area contributed by atoms with Crippen molar-refractivity contribution in [3.05, 3.63) is 35.6 Å². The Balaban J connectivity index is 1.56. The standard InChI is InChI=1S/C17H24FN3O/c1-2-19-17(20-11-12-6-5-9-22-12)21-16-10-14(16)13-7-3-4-8-15(13)18/h3-4,7-8,12,14,16H,2,5-6,9-11H2,1H3,(H2,19,20,21). The minimum Gasteiger partial charge on any atom is -0.376 e. The Morgan fingerprint density at radius 1 is 1.41 bits per heavy atom. The summed E-state index contributed by atoms with van der Waals surface area (Å²) >= 11 is 0. The van der Waals surface area contributed by atoms with E-state index in [0.29, 0.717) is 6.54 Å². The average Bonchev–Trinajstić information content (AvgIpc) is 3.07. The SMILES string of the molecule is CCNC(=NCC1CCCO1)NC1CC1c1ccccc1F. The van der Waals surface area contributed by atoms with Crippen LogP contribution in [0.3, 0.4) is 0 Å². The van der Waals surface area contributed by atoms with E-state index < -0.39 is 0 Å². The fraction of sp³-hybridized carbons (Fsp3) is 0.588. The van der Waals surface area contributed by atoms with Crippen molar-refractivity contribution in [1.29, 1.82) is 0 Å². The van der Waals surface area contributed by atoms with Gasteiger partial charge in [0, 0.05) is 25.1 Å². The van der Waals surface area contributed by atoms with Gasteiger partial charge >= 0.3 is 0 Å². The second-order valence-electron chi connectivity index (χ2n) is 5.97. The van der Waals surface area contributed by atoms with Crippen molar-refractivity contribution < 1.29 is 9.13 Å². The first-order chi connectivity index (χ1) is 10.8. The van der Waals surface area contributed by atoms with Crippen LogP contribution in [-0.4, -0.2) is 37.8 Å². The lowest BCUT2D eigenvalue weighted by Gasteiger charge is -2.13. The van der Waals surface area contributed by atoms with Gasteiger partial charge in [-0.15, -0.1) is 0 Å². The molecule has 120 valence electrons. The van der Waals surface area contributed by atoms with Gasteiger partial charge in [0.25, 0.3) is 0 Å². The Morgan fingerprint density at radius 2 is 2.27 bits per heavy atom. The van der Waals surface area contributed by atoms with Crippen molar-refractivity contribution in [2.75, 3.05) is 19.7 Å². The van der Waals surface area contributed by atoms with E-state index in [9.17, 15) is 4.39 Å². The van der Waals surface area contributed by atoms with E-state index in [1.54, 1.807) is 6.07 Å². The molecule has 3 unspecified atom stereocenters. The molecule has 1 saturated heterocycles. The number of benzene rings is 1. The third kappa shape index (κ3) is 3.77. The summed E-state index contributed by atoms with van der Waals surface area (Å²) in [7, 11) is 0. The summed E-state index contributed by atoms with van der Waals surface area (Å²) in [6, 6.07) is 7.29. The zero-order chi connectivity index (χ0) is 15.4. The lowest BCUT2D eigenvalue weighted by molar-refractivity contribution is 0.117. The largest absolute Gasteiger partial charge is 0.376 e. The summed E-state index contributed by atoms with van der Waals surface area (Å²) in [5.41, 5.74) is 0.801. The topological polar surface area (TPSA) is 45.7 Å². The number of nitrogens with one attached hydrogen (secondary N) is 2. The fourth-order valence-electron chi connectivity index (χ4n) is 2.95. The summed E-state index contributed by atoms with van der Waals surface area (Å²) in [6.45, 7) is 4.40. The molecule has 5 heteroatoms. The van der Waals surface area contributed by atoms with Gasteiger partial charge in [0.2, 0.25) is 0 Å². The summed E-state index contributed by atoms with van der Waals surface area (Å²) < 4.78 is 19.4. The molecular formula is C17H24FN3O. The molecule has 1 heterocycles. The number of guanidine groups is 1. The predicted octanol–water partition coefficient (Wildman–Crippen LogP) is 2.42. The van der Waals surface area contributed by atoms with E-state index in [1.165, 1.54) is 6.07 Å². The molecule has 2 fully saturated rings. The predicted molar refractivity (Wildman–Crippen MR) is 85.6 cm³/mol. The van der Waals surface area contributed by atoms with Gasteiger partial charge in [0.1, 0.15) is 5.82 Å². The van der Waals surface area contributed by atoms with Crippen molar-refractivity contribution in [3.63, 3.8) is 0 Å². The quantitative estimate of drug-likeness (QED) is 0.649. The van der Waals surface area contributed by atoms with Crippen molar-refractivity contribution >= 4 is 5.96 Å². The van der Waals surface area contributed by atoms with Crippen LogP contribution in [0.25, 0.3) is 0 Å². The van der Waals surface area contributed by atoms with E-state index in [4.69, 9.17) is 4.74 Å². The second-order valence-corrected chi connectivity index (χ2v) is 5.97. The third-order valence-corrected chi connectivity index (χ3v) is 4.24. The normalized spacial score (nSPS) is 27.7. The second kappa shape index (κ2) is 7.09. The molecule has 1 aromatic carbocycles. The maximum absolute atomic E-state index is 13.8. The van der Waals surface area contributed by atoms with E-state index >= 15 is 0 Å². The molecule has 0 spiro atoms. The number of hydrogen-bond donors (Lipinski definition) is 2. The fourth-order valence-corrected chi connectivity index (χ4v) is 2.95. The van der Waals surface area contributed by atoms with Crippen molar-refractivity contribution in [2.24, 2.45) is 4.99 Å². The molecule has 0 radical (unpaired) electrons. The van der Waals surface area contributed by atoms with E-state index in [2.05, 4.69) is 15.6 Å². The molecule has 1 aromatic rings. The van der Waals surface area contributed by atoms with Gasteiger partial charge in [-0.1, -0.05) is 18.2 Å². The zero-order valence-electron chi connectivity index (χ0n) is 13.0. The number of hydrogen-bond acceptors (Lipinski definition) is 2. The first-order valence-corrected chi connectivity index (χ1v) is 8.18. The first kappa shape index (κ1) is 15.3. The molecule has 0 bridgehead atoms. The van der Waals surface area contributed by atoms with E-state index in [1.807, 2.05) is 19.1 Å². The van der Waals surface area contributed by atoms with E-state index in [-0.39, 0.29) is 23.9 Å². The highest BCUT2D eigenvalue weighted by Crippen LogP contribution is 2.41.